The van der Waals surface area contributed by atoms with Gasteiger partial charge in [0.2, 0.25) is 5.91 Å². The number of nitrogens with zero attached hydrogens (tertiary/aromatic N) is 1. The summed E-state index contributed by atoms with van der Waals surface area (Å²) in [6, 6.07) is 16.4. The quantitative estimate of drug-likeness (QED) is 0.829. The highest BCUT2D eigenvalue weighted by Gasteiger charge is 2.38. The van der Waals surface area contributed by atoms with Gasteiger partial charge in [0, 0.05) is 30.4 Å². The molecule has 2 N–H and O–H groups in total. The van der Waals surface area contributed by atoms with Crippen LogP contribution in [0.15, 0.2) is 48.5 Å². The molecular formula is C22H25N3O2. The largest absolute Gasteiger partial charge is 0.355 e. The fourth-order valence-electron chi connectivity index (χ4n) is 3.99. The van der Waals surface area contributed by atoms with Gasteiger partial charge in [-0.1, -0.05) is 24.3 Å². The van der Waals surface area contributed by atoms with Gasteiger partial charge < -0.3 is 10.6 Å². The predicted octanol–water partition coefficient (Wildman–Crippen LogP) is 3.14. The Kier molecular flexibility index (Phi) is 4.94. The zero-order valence-corrected chi connectivity index (χ0v) is 15.6. The normalized spacial score (nSPS) is 18.2. The van der Waals surface area contributed by atoms with Gasteiger partial charge in [-0.15, -0.1) is 0 Å². The number of anilines is 1. The maximum absolute atomic E-state index is 12.7. The van der Waals surface area contributed by atoms with E-state index < -0.39 is 0 Å². The summed E-state index contributed by atoms with van der Waals surface area (Å²) < 4.78 is 0. The monoisotopic (exact) mass is 363 g/mol. The first-order chi connectivity index (χ1) is 13.2. The minimum atomic E-state index is -0.132. The van der Waals surface area contributed by atoms with E-state index in [9.17, 15) is 9.59 Å². The maximum Gasteiger partial charge on any atom is 0.251 e. The molecule has 0 aromatic heterocycles. The van der Waals surface area contributed by atoms with Gasteiger partial charge in [-0.2, -0.15) is 0 Å². The summed E-state index contributed by atoms with van der Waals surface area (Å²) in [4.78, 5) is 26.7. The molecule has 0 aliphatic heterocycles. The molecule has 140 valence electrons. The Morgan fingerprint density at radius 1 is 1.04 bits per heavy atom. The summed E-state index contributed by atoms with van der Waals surface area (Å²) in [6.07, 6.45) is 4.52. The van der Waals surface area contributed by atoms with Crippen LogP contribution in [-0.4, -0.2) is 36.3 Å². The average molecular weight is 363 g/mol. The van der Waals surface area contributed by atoms with Crippen LogP contribution in [-0.2, 0) is 11.2 Å². The molecule has 1 atom stereocenters. The Labute approximate surface area is 159 Å². The smallest absolute Gasteiger partial charge is 0.251 e. The lowest BCUT2D eigenvalue weighted by Crippen LogP contribution is -2.37. The lowest BCUT2D eigenvalue weighted by atomic mass is 10.1. The van der Waals surface area contributed by atoms with Crippen LogP contribution < -0.4 is 10.6 Å². The highest BCUT2D eigenvalue weighted by atomic mass is 16.2. The van der Waals surface area contributed by atoms with Crippen LogP contribution in [0.2, 0.25) is 0 Å². The van der Waals surface area contributed by atoms with Gasteiger partial charge in [0.1, 0.15) is 0 Å². The SMILES string of the molecule is CNC(=O)c1ccc(NC(=O)CN(C2CC2)[C@H]2CCc3ccccc32)cc1. The third-order valence-corrected chi connectivity index (χ3v) is 5.50. The van der Waals surface area contributed by atoms with Crippen molar-refractivity contribution in [3.8, 4) is 0 Å². The van der Waals surface area contributed by atoms with E-state index in [1.54, 1.807) is 31.3 Å². The number of carbonyl (C=O) groups is 2. The number of carbonyl (C=O) groups excluding carboxylic acids is 2. The van der Waals surface area contributed by atoms with Crippen molar-refractivity contribution in [2.75, 3.05) is 18.9 Å². The summed E-state index contributed by atoms with van der Waals surface area (Å²) in [5.41, 5.74) is 4.10. The third kappa shape index (κ3) is 3.88. The number of rotatable bonds is 6. The second kappa shape index (κ2) is 7.53. The van der Waals surface area contributed by atoms with Crippen LogP contribution >= 0.6 is 0 Å². The molecule has 0 spiro atoms. The number of amides is 2. The zero-order valence-electron chi connectivity index (χ0n) is 15.6. The van der Waals surface area contributed by atoms with E-state index in [1.165, 1.54) is 24.0 Å². The Balaban J connectivity index is 1.42. The molecule has 0 saturated heterocycles. The van der Waals surface area contributed by atoms with E-state index in [4.69, 9.17) is 0 Å². The van der Waals surface area contributed by atoms with E-state index in [-0.39, 0.29) is 11.8 Å². The van der Waals surface area contributed by atoms with Crippen LogP contribution in [0.4, 0.5) is 5.69 Å². The highest BCUT2D eigenvalue weighted by molar-refractivity contribution is 5.96. The molecule has 2 aromatic rings. The number of hydrogen-bond donors (Lipinski definition) is 2. The van der Waals surface area contributed by atoms with Gasteiger partial charge in [0.15, 0.2) is 0 Å². The van der Waals surface area contributed by atoms with Gasteiger partial charge in [0.25, 0.3) is 5.91 Å². The summed E-state index contributed by atoms with van der Waals surface area (Å²) in [7, 11) is 1.60. The fraction of sp³-hybridized carbons (Fsp3) is 0.364. The van der Waals surface area contributed by atoms with Gasteiger partial charge in [-0.3, -0.25) is 14.5 Å². The first-order valence-electron chi connectivity index (χ1n) is 9.61. The van der Waals surface area contributed by atoms with E-state index >= 15 is 0 Å². The van der Waals surface area contributed by atoms with E-state index in [2.05, 4.69) is 39.8 Å². The lowest BCUT2D eigenvalue weighted by molar-refractivity contribution is -0.118. The maximum atomic E-state index is 12.7. The topological polar surface area (TPSA) is 61.4 Å². The standard InChI is InChI=1S/C22H25N3O2/c1-23-22(27)16-6-9-17(10-7-16)24-21(26)14-25(18-11-12-18)20-13-8-15-4-2-3-5-19(15)20/h2-7,9-10,18,20H,8,11-14H2,1H3,(H,23,27)(H,24,26)/t20-/m0/s1. The van der Waals surface area contributed by atoms with Gasteiger partial charge in [-0.05, 0) is 61.1 Å². The third-order valence-electron chi connectivity index (χ3n) is 5.50. The van der Waals surface area contributed by atoms with Crippen molar-refractivity contribution in [3.05, 3.63) is 65.2 Å². The number of fused-ring (bicyclic) bond motifs is 1. The van der Waals surface area contributed by atoms with Crippen molar-refractivity contribution in [1.29, 1.82) is 0 Å². The molecule has 1 fully saturated rings. The van der Waals surface area contributed by atoms with Crippen LogP contribution in [0.5, 0.6) is 0 Å². The molecule has 5 nitrogen and oxygen atoms in total. The molecule has 27 heavy (non-hydrogen) atoms. The fourth-order valence-corrected chi connectivity index (χ4v) is 3.99. The molecule has 4 rings (SSSR count). The van der Waals surface area contributed by atoms with Crippen LogP contribution in [0, 0.1) is 0 Å². The molecule has 0 unspecified atom stereocenters. The summed E-state index contributed by atoms with van der Waals surface area (Å²) in [5.74, 6) is -0.133. The van der Waals surface area contributed by atoms with Gasteiger partial charge in [-0.25, -0.2) is 0 Å². The summed E-state index contributed by atoms with van der Waals surface area (Å²) in [5, 5.41) is 5.57. The second-order valence-corrected chi connectivity index (χ2v) is 7.36. The minimum Gasteiger partial charge on any atom is -0.355 e. The molecule has 2 aliphatic rings. The molecule has 2 aliphatic carbocycles. The van der Waals surface area contributed by atoms with Crippen molar-refractivity contribution in [2.45, 2.75) is 37.8 Å². The second-order valence-electron chi connectivity index (χ2n) is 7.36. The van der Waals surface area contributed by atoms with Crippen LogP contribution in [0.3, 0.4) is 0 Å². The molecule has 5 heteroatoms. The number of nitrogens with one attached hydrogen (secondary N) is 2. The van der Waals surface area contributed by atoms with E-state index in [1.807, 2.05) is 0 Å². The Morgan fingerprint density at radius 3 is 2.48 bits per heavy atom. The Hall–Kier alpha value is -2.66. The van der Waals surface area contributed by atoms with Crippen molar-refractivity contribution in [1.82, 2.24) is 10.2 Å². The predicted molar refractivity (Wildman–Crippen MR) is 106 cm³/mol. The molecule has 0 heterocycles. The van der Waals surface area contributed by atoms with Crippen LogP contribution in [0.25, 0.3) is 0 Å². The Bertz CT molecular complexity index is 843. The van der Waals surface area contributed by atoms with Gasteiger partial charge >= 0.3 is 0 Å². The van der Waals surface area contributed by atoms with Gasteiger partial charge in [0.05, 0.1) is 6.54 Å². The van der Waals surface area contributed by atoms with E-state index in [0.717, 1.165) is 18.5 Å². The molecule has 0 bridgehead atoms. The van der Waals surface area contributed by atoms with Crippen molar-refractivity contribution < 1.29 is 9.59 Å². The van der Waals surface area contributed by atoms with Crippen LogP contribution in [0.1, 0.15) is 46.8 Å². The first kappa shape index (κ1) is 17.7. The summed E-state index contributed by atoms with van der Waals surface area (Å²) in [6.45, 7) is 0.404. The van der Waals surface area contributed by atoms with Crippen molar-refractivity contribution >= 4 is 17.5 Å². The molecule has 2 aromatic carbocycles. The van der Waals surface area contributed by atoms with Crippen molar-refractivity contribution in [3.63, 3.8) is 0 Å². The zero-order chi connectivity index (χ0) is 18.8. The molecule has 2 amide bonds. The molecule has 1 saturated carbocycles. The first-order valence-corrected chi connectivity index (χ1v) is 9.61. The van der Waals surface area contributed by atoms with E-state index in [0.29, 0.717) is 24.2 Å². The molecule has 0 radical (unpaired) electrons. The molecular weight excluding hydrogens is 338 g/mol. The number of benzene rings is 2. The van der Waals surface area contributed by atoms with Crippen molar-refractivity contribution in [2.24, 2.45) is 0 Å². The Morgan fingerprint density at radius 2 is 1.78 bits per heavy atom. The average Bonchev–Trinajstić information content (AvgIpc) is 3.45. The number of aryl methyl sites for hydroxylation is 1. The minimum absolute atomic E-state index is 0.000950. The highest BCUT2D eigenvalue weighted by Crippen LogP contribution is 2.41. The number of hydrogen-bond acceptors (Lipinski definition) is 3. The lowest BCUT2D eigenvalue weighted by Gasteiger charge is -2.29. The summed E-state index contributed by atoms with van der Waals surface area (Å²) >= 11 is 0.